The summed E-state index contributed by atoms with van der Waals surface area (Å²) in [5.74, 6) is -0.215. The largest absolute Gasteiger partial charge is 0.346 e. The number of aromatic nitrogens is 1. The number of ketones is 1. The van der Waals surface area contributed by atoms with E-state index in [1.807, 2.05) is 7.05 Å². The first-order valence-electron chi connectivity index (χ1n) is 5.28. The average molecular weight is 360 g/mol. The number of carbonyl (C=O) groups is 1. The van der Waals surface area contributed by atoms with Crippen molar-refractivity contribution in [1.29, 1.82) is 5.41 Å². The van der Waals surface area contributed by atoms with Gasteiger partial charge in [-0.05, 0) is 15.9 Å². The number of alkyl halides is 1. The molecule has 0 radical (unpaired) electrons. The summed E-state index contributed by atoms with van der Waals surface area (Å²) >= 11 is 6.92. The van der Waals surface area contributed by atoms with Crippen LogP contribution in [0, 0.1) is 5.41 Å². The molecule has 0 spiro atoms. The maximum absolute atomic E-state index is 12.0. The minimum atomic E-state index is -0.297. The maximum atomic E-state index is 12.0. The molecule has 0 bridgehead atoms. The fourth-order valence-corrected chi connectivity index (χ4v) is 3.87. The topological polar surface area (TPSA) is 59.7 Å². The van der Waals surface area contributed by atoms with Crippen LogP contribution in [-0.2, 0) is 6.42 Å². The molecule has 1 aromatic rings. The number of carbonyl (C=O) groups excluding carboxylic acids is 1. The monoisotopic (exact) mass is 358 g/mol. The first-order valence-corrected chi connectivity index (χ1v) is 6.99. The maximum Gasteiger partial charge on any atom is 0.225 e. The van der Waals surface area contributed by atoms with Gasteiger partial charge in [0, 0.05) is 12.0 Å². The van der Waals surface area contributed by atoms with Crippen molar-refractivity contribution in [2.75, 3.05) is 13.6 Å². The van der Waals surface area contributed by atoms with Gasteiger partial charge in [-0.25, -0.2) is 4.58 Å². The first kappa shape index (κ1) is 11.3. The molecule has 1 aliphatic carbocycles. The average Bonchev–Trinajstić information content (AvgIpc) is 2.63. The van der Waals surface area contributed by atoms with E-state index in [0.717, 1.165) is 34.4 Å². The molecule has 4 nitrogen and oxygen atoms in total. The number of halogens is 2. The third-order valence-electron chi connectivity index (χ3n) is 3.38. The van der Waals surface area contributed by atoms with E-state index in [-0.39, 0.29) is 16.3 Å². The highest BCUT2D eigenvalue weighted by Crippen LogP contribution is 2.33. The van der Waals surface area contributed by atoms with E-state index in [0.29, 0.717) is 5.69 Å². The van der Waals surface area contributed by atoms with Crippen molar-refractivity contribution in [1.82, 2.24) is 4.98 Å². The van der Waals surface area contributed by atoms with E-state index in [2.05, 4.69) is 41.4 Å². The normalized spacial score (nSPS) is 23.1. The van der Waals surface area contributed by atoms with Crippen LogP contribution in [0.1, 0.15) is 21.6 Å². The van der Waals surface area contributed by atoms with E-state index >= 15 is 0 Å². The van der Waals surface area contributed by atoms with Crippen LogP contribution in [0.2, 0.25) is 0 Å². The molecule has 2 heterocycles. The van der Waals surface area contributed by atoms with Gasteiger partial charge in [-0.3, -0.25) is 10.2 Å². The van der Waals surface area contributed by atoms with Crippen LogP contribution in [0.5, 0.6) is 0 Å². The number of nitrogens with one attached hydrogen (secondary N) is 2. The van der Waals surface area contributed by atoms with Crippen molar-refractivity contribution in [2.24, 2.45) is 0 Å². The smallest absolute Gasteiger partial charge is 0.225 e. The van der Waals surface area contributed by atoms with E-state index in [1.54, 1.807) is 0 Å². The third-order valence-corrected chi connectivity index (χ3v) is 4.95. The van der Waals surface area contributed by atoms with Gasteiger partial charge in [0.2, 0.25) is 11.5 Å². The fourth-order valence-electron chi connectivity index (χ4n) is 2.49. The molecule has 1 aliphatic heterocycles. The van der Waals surface area contributed by atoms with Gasteiger partial charge >= 0.3 is 0 Å². The number of rotatable bonds is 0. The second-order valence-electron chi connectivity index (χ2n) is 4.33. The van der Waals surface area contributed by atoms with E-state index < -0.39 is 0 Å². The number of H-pyrrole nitrogens is 1. The highest BCUT2D eigenvalue weighted by molar-refractivity contribution is 9.10. The number of aromatic amines is 1. The van der Waals surface area contributed by atoms with E-state index in [4.69, 9.17) is 5.41 Å². The zero-order valence-electron chi connectivity index (χ0n) is 9.10. The van der Waals surface area contributed by atoms with Crippen molar-refractivity contribution in [3.63, 3.8) is 0 Å². The lowest BCUT2D eigenvalue weighted by molar-refractivity contribution is -0.498. The van der Waals surface area contributed by atoms with Crippen LogP contribution < -0.4 is 0 Å². The Kier molecular flexibility index (Phi) is 2.42. The van der Waals surface area contributed by atoms with Crippen LogP contribution >= 0.6 is 31.9 Å². The van der Waals surface area contributed by atoms with Gasteiger partial charge in [0.05, 0.1) is 10.2 Å². The highest BCUT2D eigenvalue weighted by Gasteiger charge is 2.44. The molecule has 1 atom stereocenters. The van der Waals surface area contributed by atoms with Crippen LogP contribution in [0.15, 0.2) is 4.60 Å². The lowest BCUT2D eigenvalue weighted by atomic mass is 9.87. The molecule has 0 saturated carbocycles. The molecule has 0 saturated heterocycles. The number of Topliss-reactive ketones (excluding diaryl/α,β-unsaturated/α-hetero) is 1. The Morgan fingerprint density at radius 1 is 1.53 bits per heavy atom. The molecular weight excluding hydrogens is 350 g/mol. The van der Waals surface area contributed by atoms with Gasteiger partial charge in [-0.1, -0.05) is 15.9 Å². The predicted octanol–water partition coefficient (Wildman–Crippen LogP) is 1.74. The SMILES string of the molecule is C[N+]1=C2c3c([nH]c(Br)c3CC1)C(=O)C(=N)C2Br. The quantitative estimate of drug-likeness (QED) is 0.538. The number of likely N-dealkylation sites (N-methyl/N-ethyl adjacent to an activating group) is 1. The molecule has 17 heavy (non-hydrogen) atoms. The molecular formula is C11H10Br2N3O+. The number of nitrogens with zero attached hydrogens (tertiary/aromatic N) is 1. The van der Waals surface area contributed by atoms with Gasteiger partial charge < -0.3 is 4.98 Å². The Hall–Kier alpha value is -0.750. The van der Waals surface area contributed by atoms with Crippen LogP contribution in [-0.4, -0.2) is 45.2 Å². The minimum Gasteiger partial charge on any atom is -0.346 e. The van der Waals surface area contributed by atoms with Gasteiger partial charge in [0.25, 0.3) is 0 Å². The molecule has 2 N–H and O–H groups in total. The van der Waals surface area contributed by atoms with Crippen LogP contribution in [0.25, 0.3) is 0 Å². The number of hydrogen-bond donors (Lipinski definition) is 2. The number of hydrogen-bond acceptors (Lipinski definition) is 2. The summed E-state index contributed by atoms with van der Waals surface area (Å²) in [5, 5.41) is 7.88. The zero-order valence-corrected chi connectivity index (χ0v) is 12.3. The van der Waals surface area contributed by atoms with E-state index in [9.17, 15) is 4.79 Å². The van der Waals surface area contributed by atoms with E-state index in [1.165, 1.54) is 0 Å². The Balaban J connectivity index is 2.40. The molecule has 0 aromatic carbocycles. The Morgan fingerprint density at radius 3 is 2.94 bits per heavy atom. The molecule has 2 aliphatic rings. The van der Waals surface area contributed by atoms with Gasteiger partial charge in [0.1, 0.15) is 29.8 Å². The summed E-state index contributed by atoms with van der Waals surface area (Å²) in [6.45, 7) is 0.905. The van der Waals surface area contributed by atoms with Crippen molar-refractivity contribution in [2.45, 2.75) is 11.2 Å². The predicted molar refractivity (Wildman–Crippen MR) is 72.1 cm³/mol. The lowest BCUT2D eigenvalue weighted by Gasteiger charge is -2.22. The molecule has 0 amide bonds. The summed E-state index contributed by atoms with van der Waals surface area (Å²) in [4.78, 5) is 14.8. The van der Waals surface area contributed by atoms with Gasteiger partial charge in [-0.2, -0.15) is 0 Å². The molecule has 1 unspecified atom stereocenters. The minimum absolute atomic E-state index is 0.0987. The second-order valence-corrected chi connectivity index (χ2v) is 6.04. The van der Waals surface area contributed by atoms with Crippen molar-refractivity contribution < 1.29 is 9.37 Å². The Bertz CT molecular complexity index is 600. The van der Waals surface area contributed by atoms with Crippen LogP contribution in [0.4, 0.5) is 0 Å². The lowest BCUT2D eigenvalue weighted by Crippen LogP contribution is -2.44. The Labute approximate surface area is 115 Å². The molecule has 1 aromatic heterocycles. The molecule has 6 heteroatoms. The second kappa shape index (κ2) is 3.62. The third kappa shape index (κ3) is 1.37. The summed E-state index contributed by atoms with van der Waals surface area (Å²) in [6.07, 6.45) is 0.909. The van der Waals surface area contributed by atoms with Crippen molar-refractivity contribution in [3.8, 4) is 0 Å². The molecule has 3 rings (SSSR count). The fraction of sp³-hybridized carbons (Fsp3) is 0.364. The summed E-state index contributed by atoms with van der Waals surface area (Å²) in [5.41, 5.74) is 3.80. The van der Waals surface area contributed by atoms with Crippen LogP contribution in [0.3, 0.4) is 0 Å². The van der Waals surface area contributed by atoms with Gasteiger partial charge in [-0.15, -0.1) is 0 Å². The highest BCUT2D eigenvalue weighted by atomic mass is 79.9. The first-order chi connectivity index (χ1) is 8.02. The Morgan fingerprint density at radius 2 is 2.24 bits per heavy atom. The van der Waals surface area contributed by atoms with Crippen molar-refractivity contribution in [3.05, 3.63) is 21.4 Å². The molecule has 0 fully saturated rings. The summed E-state index contributed by atoms with van der Waals surface area (Å²) in [6, 6.07) is 0. The summed E-state index contributed by atoms with van der Waals surface area (Å²) < 4.78 is 2.99. The van der Waals surface area contributed by atoms with Gasteiger partial charge in [0.15, 0.2) is 0 Å². The summed E-state index contributed by atoms with van der Waals surface area (Å²) in [7, 11) is 2.00. The molecule has 88 valence electrons. The standard InChI is InChI=1S/C11H9Br2N3O/c1-16-3-2-4-5-8(15-11(4)13)10(17)7(14)6(12)9(5)16/h6,14H,2-3H2,1H3/p+1. The van der Waals surface area contributed by atoms with Crippen molar-refractivity contribution >= 4 is 49.1 Å². The zero-order chi connectivity index (χ0) is 12.3.